The molecule has 1 atom stereocenters. The topological polar surface area (TPSA) is 76.8 Å². The summed E-state index contributed by atoms with van der Waals surface area (Å²) in [7, 11) is 1.67. The van der Waals surface area contributed by atoms with Crippen molar-refractivity contribution >= 4 is 5.91 Å². The molecule has 6 nitrogen and oxygen atoms in total. The van der Waals surface area contributed by atoms with Crippen molar-refractivity contribution in [1.82, 2.24) is 10.2 Å². The molecule has 3 N–H and O–H groups in total. The summed E-state index contributed by atoms with van der Waals surface area (Å²) < 4.78 is 10.8. The highest BCUT2D eigenvalue weighted by Gasteiger charge is 2.35. The second-order valence-corrected chi connectivity index (χ2v) is 5.58. The number of methoxy groups -OCH3 is 1. The van der Waals surface area contributed by atoms with Crippen molar-refractivity contribution in [2.75, 3.05) is 46.5 Å². The molecule has 0 aliphatic carbocycles. The number of nitrogens with one attached hydrogen (secondary N) is 1. The zero-order valence-electron chi connectivity index (χ0n) is 11.7. The summed E-state index contributed by atoms with van der Waals surface area (Å²) in [6.45, 7) is 4.05. The van der Waals surface area contributed by atoms with Gasteiger partial charge in [-0.2, -0.15) is 0 Å². The van der Waals surface area contributed by atoms with Gasteiger partial charge in [0.15, 0.2) is 0 Å². The molecular formula is C13H25N3O3. The van der Waals surface area contributed by atoms with Crippen molar-refractivity contribution in [2.45, 2.75) is 30.9 Å². The standard InChI is InChI=1S/C13H25N3O3/c1-18-13(4-7-19-10-13)9-15-12(17)8-16-5-2-11(14)3-6-16/h11H,2-10,14H2,1H3,(H,15,17). The Labute approximate surface area is 114 Å². The number of rotatable bonds is 5. The fraction of sp³-hybridized carbons (Fsp3) is 0.923. The van der Waals surface area contributed by atoms with Crippen molar-refractivity contribution in [3.63, 3.8) is 0 Å². The normalized spacial score (nSPS) is 29.6. The highest BCUT2D eigenvalue weighted by molar-refractivity contribution is 5.78. The van der Waals surface area contributed by atoms with Crippen molar-refractivity contribution in [1.29, 1.82) is 0 Å². The molecule has 2 saturated heterocycles. The van der Waals surface area contributed by atoms with Crippen LogP contribution in [0.5, 0.6) is 0 Å². The van der Waals surface area contributed by atoms with Gasteiger partial charge in [-0.15, -0.1) is 0 Å². The Morgan fingerprint density at radius 1 is 1.53 bits per heavy atom. The van der Waals surface area contributed by atoms with E-state index in [1.165, 1.54) is 0 Å². The SMILES string of the molecule is COC1(CNC(=O)CN2CCC(N)CC2)CCOC1. The van der Waals surface area contributed by atoms with E-state index in [4.69, 9.17) is 15.2 Å². The Kier molecular flexibility index (Phi) is 5.15. The van der Waals surface area contributed by atoms with Gasteiger partial charge in [0.2, 0.25) is 5.91 Å². The zero-order chi connectivity index (χ0) is 13.7. The van der Waals surface area contributed by atoms with Crippen LogP contribution >= 0.6 is 0 Å². The molecule has 2 aliphatic heterocycles. The summed E-state index contributed by atoms with van der Waals surface area (Å²) >= 11 is 0. The summed E-state index contributed by atoms with van der Waals surface area (Å²) in [6, 6.07) is 0.298. The van der Waals surface area contributed by atoms with Crippen LogP contribution in [-0.4, -0.2) is 69.0 Å². The predicted octanol–water partition coefficient (Wildman–Crippen LogP) is -0.669. The number of ether oxygens (including phenoxy) is 2. The maximum Gasteiger partial charge on any atom is 0.234 e. The molecule has 2 rings (SSSR count). The van der Waals surface area contributed by atoms with Crippen LogP contribution in [0, 0.1) is 0 Å². The Bertz CT molecular complexity index is 298. The first-order valence-electron chi connectivity index (χ1n) is 7.01. The van der Waals surface area contributed by atoms with Crippen molar-refractivity contribution in [3.8, 4) is 0 Å². The summed E-state index contributed by atoms with van der Waals surface area (Å²) in [5.74, 6) is 0.0544. The second-order valence-electron chi connectivity index (χ2n) is 5.58. The monoisotopic (exact) mass is 271 g/mol. The van der Waals surface area contributed by atoms with E-state index in [9.17, 15) is 4.79 Å². The Morgan fingerprint density at radius 3 is 2.84 bits per heavy atom. The van der Waals surface area contributed by atoms with Crippen molar-refractivity contribution < 1.29 is 14.3 Å². The fourth-order valence-electron chi connectivity index (χ4n) is 2.59. The van der Waals surface area contributed by atoms with Crippen LogP contribution in [-0.2, 0) is 14.3 Å². The van der Waals surface area contributed by atoms with E-state index >= 15 is 0 Å². The van der Waals surface area contributed by atoms with Crippen LogP contribution in [0.2, 0.25) is 0 Å². The molecule has 0 radical (unpaired) electrons. The lowest BCUT2D eigenvalue weighted by Crippen LogP contribution is -2.49. The quantitative estimate of drug-likeness (QED) is 0.693. The van der Waals surface area contributed by atoms with Gasteiger partial charge in [0.1, 0.15) is 5.60 Å². The van der Waals surface area contributed by atoms with Gasteiger partial charge in [0.25, 0.3) is 0 Å². The third-order valence-corrected chi connectivity index (χ3v) is 4.11. The van der Waals surface area contributed by atoms with Crippen LogP contribution < -0.4 is 11.1 Å². The highest BCUT2D eigenvalue weighted by Crippen LogP contribution is 2.21. The number of hydrogen-bond donors (Lipinski definition) is 2. The van der Waals surface area contributed by atoms with Crippen LogP contribution in [0.3, 0.4) is 0 Å². The second kappa shape index (κ2) is 6.65. The van der Waals surface area contributed by atoms with E-state index in [0.717, 1.165) is 32.4 Å². The third-order valence-electron chi connectivity index (χ3n) is 4.11. The van der Waals surface area contributed by atoms with E-state index < -0.39 is 0 Å². The molecular weight excluding hydrogens is 246 g/mol. The van der Waals surface area contributed by atoms with Gasteiger partial charge in [-0.25, -0.2) is 0 Å². The van der Waals surface area contributed by atoms with Gasteiger partial charge in [-0.05, 0) is 12.8 Å². The number of carbonyl (C=O) groups is 1. The van der Waals surface area contributed by atoms with Gasteiger partial charge in [0.05, 0.1) is 13.2 Å². The van der Waals surface area contributed by atoms with Crippen molar-refractivity contribution in [2.24, 2.45) is 5.73 Å². The molecule has 6 heteroatoms. The first kappa shape index (κ1) is 14.7. The first-order valence-corrected chi connectivity index (χ1v) is 7.01. The number of carbonyl (C=O) groups excluding carboxylic acids is 1. The molecule has 1 unspecified atom stereocenters. The predicted molar refractivity (Wildman–Crippen MR) is 71.8 cm³/mol. The molecule has 2 heterocycles. The molecule has 0 aromatic heterocycles. The van der Waals surface area contributed by atoms with E-state index in [2.05, 4.69) is 10.2 Å². The molecule has 0 aromatic rings. The largest absolute Gasteiger partial charge is 0.378 e. The Balaban J connectivity index is 1.69. The minimum atomic E-state index is -0.333. The van der Waals surface area contributed by atoms with Gasteiger partial charge >= 0.3 is 0 Å². The minimum Gasteiger partial charge on any atom is -0.378 e. The molecule has 0 aromatic carbocycles. The molecule has 0 bridgehead atoms. The molecule has 0 saturated carbocycles. The van der Waals surface area contributed by atoms with Gasteiger partial charge in [0, 0.05) is 45.8 Å². The number of hydrogen-bond acceptors (Lipinski definition) is 5. The lowest BCUT2D eigenvalue weighted by Gasteiger charge is -2.30. The molecule has 1 amide bonds. The summed E-state index contributed by atoms with van der Waals surface area (Å²) in [6.07, 6.45) is 2.79. The number of piperidine rings is 1. The zero-order valence-corrected chi connectivity index (χ0v) is 11.7. The smallest absolute Gasteiger partial charge is 0.234 e. The van der Waals surface area contributed by atoms with Gasteiger partial charge in [-0.3, -0.25) is 9.69 Å². The number of likely N-dealkylation sites (tertiary alicyclic amines) is 1. The lowest BCUT2D eigenvalue weighted by atomic mass is 10.0. The van der Waals surface area contributed by atoms with Gasteiger partial charge in [-0.1, -0.05) is 0 Å². The average molecular weight is 271 g/mol. The molecule has 110 valence electrons. The highest BCUT2D eigenvalue weighted by atomic mass is 16.5. The van der Waals surface area contributed by atoms with Crippen LogP contribution in [0.1, 0.15) is 19.3 Å². The average Bonchev–Trinajstić information content (AvgIpc) is 2.89. The number of nitrogens with two attached hydrogens (primary N) is 1. The summed E-state index contributed by atoms with van der Waals surface area (Å²) in [5.41, 5.74) is 5.51. The fourth-order valence-corrected chi connectivity index (χ4v) is 2.59. The molecule has 19 heavy (non-hydrogen) atoms. The van der Waals surface area contributed by atoms with E-state index in [1.807, 2.05) is 0 Å². The van der Waals surface area contributed by atoms with Crippen LogP contribution in [0.4, 0.5) is 0 Å². The molecule has 0 spiro atoms. The first-order chi connectivity index (χ1) is 9.13. The third kappa shape index (κ3) is 4.14. The Hall–Kier alpha value is -0.690. The van der Waals surface area contributed by atoms with E-state index in [-0.39, 0.29) is 11.5 Å². The maximum absolute atomic E-state index is 11.9. The van der Waals surface area contributed by atoms with E-state index in [1.54, 1.807) is 7.11 Å². The van der Waals surface area contributed by atoms with Crippen molar-refractivity contribution in [3.05, 3.63) is 0 Å². The maximum atomic E-state index is 11.9. The van der Waals surface area contributed by atoms with Crippen LogP contribution in [0.15, 0.2) is 0 Å². The lowest BCUT2D eigenvalue weighted by molar-refractivity contribution is -0.124. The van der Waals surface area contributed by atoms with Gasteiger partial charge < -0.3 is 20.5 Å². The Morgan fingerprint density at radius 2 is 2.26 bits per heavy atom. The number of amides is 1. The minimum absolute atomic E-state index is 0.0544. The van der Waals surface area contributed by atoms with E-state index in [0.29, 0.717) is 32.3 Å². The molecule has 2 fully saturated rings. The summed E-state index contributed by atoms with van der Waals surface area (Å²) in [4.78, 5) is 14.1. The van der Waals surface area contributed by atoms with Crippen LogP contribution in [0.25, 0.3) is 0 Å². The summed E-state index contributed by atoms with van der Waals surface area (Å²) in [5, 5.41) is 2.96. The number of nitrogens with zero attached hydrogens (tertiary/aromatic N) is 1. The molecule has 2 aliphatic rings.